The Bertz CT molecular complexity index is 763. The smallest absolute Gasteiger partial charge is 0.238 e. The number of nitrogens with one attached hydrogen (secondary N) is 1. The summed E-state index contributed by atoms with van der Waals surface area (Å²) in [6.07, 6.45) is 0. The molecule has 0 fully saturated rings. The van der Waals surface area contributed by atoms with Gasteiger partial charge < -0.3 is 5.32 Å². The molecule has 0 radical (unpaired) electrons. The third-order valence-corrected chi connectivity index (χ3v) is 3.92. The minimum absolute atomic E-state index is 0.0677. The zero-order valence-corrected chi connectivity index (χ0v) is 12.0. The van der Waals surface area contributed by atoms with Crippen LogP contribution in [0, 0.1) is 11.6 Å². The summed E-state index contributed by atoms with van der Waals surface area (Å²) in [6, 6.07) is 8.93. The summed E-state index contributed by atoms with van der Waals surface area (Å²) in [5.41, 5.74) is 0.450. The fourth-order valence-electron chi connectivity index (χ4n) is 1.93. The van der Waals surface area contributed by atoms with Crippen molar-refractivity contribution >= 4 is 15.7 Å². The Kier molecular flexibility index (Phi) is 4.24. The van der Waals surface area contributed by atoms with Crippen molar-refractivity contribution in [3.05, 3.63) is 59.7 Å². The Morgan fingerprint density at radius 1 is 1.10 bits per heavy atom. The van der Waals surface area contributed by atoms with Crippen molar-refractivity contribution in [2.24, 2.45) is 5.14 Å². The van der Waals surface area contributed by atoms with Gasteiger partial charge in [-0.05, 0) is 31.2 Å². The Hall–Kier alpha value is -1.99. The van der Waals surface area contributed by atoms with Gasteiger partial charge in [-0.3, -0.25) is 0 Å². The number of primary sulfonamides is 1. The Balaban J connectivity index is 2.27. The molecule has 112 valence electrons. The van der Waals surface area contributed by atoms with Crippen LogP contribution in [0.25, 0.3) is 0 Å². The van der Waals surface area contributed by atoms with Gasteiger partial charge in [0.25, 0.3) is 0 Å². The van der Waals surface area contributed by atoms with Gasteiger partial charge in [0.15, 0.2) is 0 Å². The van der Waals surface area contributed by atoms with Gasteiger partial charge in [-0.1, -0.05) is 18.2 Å². The number of benzene rings is 2. The van der Waals surface area contributed by atoms with Crippen LogP contribution in [0.3, 0.4) is 0 Å². The van der Waals surface area contributed by atoms with Crippen molar-refractivity contribution in [2.45, 2.75) is 17.9 Å². The molecule has 0 saturated carbocycles. The summed E-state index contributed by atoms with van der Waals surface area (Å²) in [5, 5.41) is 7.72. The van der Waals surface area contributed by atoms with Crippen LogP contribution in [-0.2, 0) is 10.0 Å². The van der Waals surface area contributed by atoms with Crippen molar-refractivity contribution in [1.29, 1.82) is 0 Å². The first kappa shape index (κ1) is 15.4. The molecule has 0 spiro atoms. The Morgan fingerprint density at radius 2 is 1.76 bits per heavy atom. The summed E-state index contributed by atoms with van der Waals surface area (Å²) in [6.45, 7) is 1.67. The maximum Gasteiger partial charge on any atom is 0.238 e. The standard InChI is InChI=1S/C14H14F2N2O2S/c1-9(11-4-2-3-5-12(11)15)18-14-7-6-10(8-13(14)16)21(17,19)20/h2-9,18H,1H3,(H2,17,19,20). The Labute approximate surface area is 121 Å². The monoisotopic (exact) mass is 312 g/mol. The summed E-state index contributed by atoms with van der Waals surface area (Å²) in [7, 11) is -3.96. The molecule has 1 unspecified atom stereocenters. The quantitative estimate of drug-likeness (QED) is 0.912. The van der Waals surface area contributed by atoms with Gasteiger partial charge in [0.05, 0.1) is 16.6 Å². The molecule has 2 rings (SSSR count). The molecule has 4 nitrogen and oxygen atoms in total. The molecule has 2 aromatic rings. The van der Waals surface area contributed by atoms with Gasteiger partial charge in [0, 0.05) is 5.56 Å². The lowest BCUT2D eigenvalue weighted by Gasteiger charge is -2.17. The number of rotatable bonds is 4. The van der Waals surface area contributed by atoms with Gasteiger partial charge in [-0.2, -0.15) is 0 Å². The highest BCUT2D eigenvalue weighted by molar-refractivity contribution is 7.89. The van der Waals surface area contributed by atoms with Gasteiger partial charge in [-0.25, -0.2) is 22.3 Å². The summed E-state index contributed by atoms with van der Waals surface area (Å²) >= 11 is 0. The maximum absolute atomic E-state index is 13.9. The second-order valence-corrected chi connectivity index (χ2v) is 6.14. The second-order valence-electron chi connectivity index (χ2n) is 4.57. The topological polar surface area (TPSA) is 72.2 Å². The molecule has 0 saturated heterocycles. The average molecular weight is 312 g/mol. The SMILES string of the molecule is CC(Nc1ccc(S(N)(=O)=O)cc1F)c1ccccc1F. The molecule has 1 atom stereocenters. The molecule has 0 bridgehead atoms. The summed E-state index contributed by atoms with van der Waals surface area (Å²) in [4.78, 5) is -0.316. The summed E-state index contributed by atoms with van der Waals surface area (Å²) < 4.78 is 49.8. The molecule has 0 heterocycles. The van der Waals surface area contributed by atoms with Gasteiger partial charge in [0.1, 0.15) is 11.6 Å². The normalized spacial score (nSPS) is 13.0. The van der Waals surface area contributed by atoms with E-state index >= 15 is 0 Å². The van der Waals surface area contributed by atoms with Crippen LogP contribution in [0.15, 0.2) is 47.4 Å². The fourth-order valence-corrected chi connectivity index (χ4v) is 2.45. The van der Waals surface area contributed by atoms with E-state index in [1.807, 2.05) is 0 Å². The van der Waals surface area contributed by atoms with Crippen LogP contribution in [0.5, 0.6) is 0 Å². The molecule has 0 aromatic heterocycles. The minimum atomic E-state index is -3.96. The van der Waals surface area contributed by atoms with Crippen molar-refractivity contribution in [1.82, 2.24) is 0 Å². The molecule has 7 heteroatoms. The van der Waals surface area contributed by atoms with Crippen molar-refractivity contribution in [2.75, 3.05) is 5.32 Å². The van der Waals surface area contributed by atoms with Crippen molar-refractivity contribution in [3.63, 3.8) is 0 Å². The Morgan fingerprint density at radius 3 is 2.33 bits per heavy atom. The number of anilines is 1. The van der Waals surface area contributed by atoms with E-state index in [-0.39, 0.29) is 10.6 Å². The first-order valence-corrected chi connectivity index (χ1v) is 7.67. The van der Waals surface area contributed by atoms with Crippen LogP contribution in [0.4, 0.5) is 14.5 Å². The van der Waals surface area contributed by atoms with Crippen molar-refractivity contribution in [3.8, 4) is 0 Å². The second kappa shape index (κ2) is 5.79. The molecule has 21 heavy (non-hydrogen) atoms. The fraction of sp³-hybridized carbons (Fsp3) is 0.143. The van der Waals surface area contributed by atoms with Crippen LogP contribution < -0.4 is 10.5 Å². The van der Waals surface area contributed by atoms with E-state index in [0.29, 0.717) is 5.56 Å². The van der Waals surface area contributed by atoms with E-state index in [9.17, 15) is 17.2 Å². The van der Waals surface area contributed by atoms with E-state index in [1.54, 1.807) is 25.1 Å². The molecule has 2 aromatic carbocycles. The van der Waals surface area contributed by atoms with E-state index < -0.39 is 27.7 Å². The maximum atomic E-state index is 13.9. The van der Waals surface area contributed by atoms with E-state index in [0.717, 1.165) is 6.07 Å². The highest BCUT2D eigenvalue weighted by atomic mass is 32.2. The lowest BCUT2D eigenvalue weighted by atomic mass is 10.1. The zero-order chi connectivity index (χ0) is 15.6. The van der Waals surface area contributed by atoms with Crippen LogP contribution in [0.1, 0.15) is 18.5 Å². The first-order valence-electron chi connectivity index (χ1n) is 6.12. The first-order chi connectivity index (χ1) is 9.79. The minimum Gasteiger partial charge on any atom is -0.376 e. The molecule has 0 amide bonds. The van der Waals surface area contributed by atoms with Crippen molar-refractivity contribution < 1.29 is 17.2 Å². The van der Waals surface area contributed by atoms with Crippen LogP contribution in [0.2, 0.25) is 0 Å². The van der Waals surface area contributed by atoms with Crippen LogP contribution in [-0.4, -0.2) is 8.42 Å². The molecular formula is C14H14F2N2O2S. The average Bonchev–Trinajstić information content (AvgIpc) is 2.40. The third kappa shape index (κ3) is 3.56. The predicted molar refractivity (Wildman–Crippen MR) is 76.2 cm³/mol. The number of hydrogen-bond acceptors (Lipinski definition) is 3. The lowest BCUT2D eigenvalue weighted by molar-refractivity contribution is 0.590. The number of sulfonamides is 1. The van der Waals surface area contributed by atoms with Gasteiger partial charge in [-0.15, -0.1) is 0 Å². The number of nitrogens with two attached hydrogens (primary N) is 1. The number of halogens is 2. The lowest BCUT2D eigenvalue weighted by Crippen LogP contribution is -2.14. The number of hydrogen-bond donors (Lipinski definition) is 2. The predicted octanol–water partition coefficient (Wildman–Crippen LogP) is 2.79. The van der Waals surface area contributed by atoms with Crippen LogP contribution >= 0.6 is 0 Å². The highest BCUT2D eigenvalue weighted by Crippen LogP contribution is 2.24. The van der Waals surface area contributed by atoms with E-state index in [1.165, 1.54) is 18.2 Å². The van der Waals surface area contributed by atoms with E-state index in [2.05, 4.69) is 5.32 Å². The molecule has 0 aliphatic rings. The van der Waals surface area contributed by atoms with E-state index in [4.69, 9.17) is 5.14 Å². The molecule has 0 aliphatic heterocycles. The zero-order valence-electron chi connectivity index (χ0n) is 11.2. The highest BCUT2D eigenvalue weighted by Gasteiger charge is 2.15. The van der Waals surface area contributed by atoms with Gasteiger partial charge in [0.2, 0.25) is 10.0 Å². The molecule has 0 aliphatic carbocycles. The molecular weight excluding hydrogens is 298 g/mol. The summed E-state index contributed by atoms with van der Waals surface area (Å²) in [5.74, 6) is -1.18. The third-order valence-electron chi connectivity index (χ3n) is 3.01. The molecule has 3 N–H and O–H groups in total. The largest absolute Gasteiger partial charge is 0.376 e. The van der Waals surface area contributed by atoms with Gasteiger partial charge >= 0.3 is 0 Å².